The number of anilines is 1. The second-order valence-corrected chi connectivity index (χ2v) is 7.91. The van der Waals surface area contributed by atoms with Gasteiger partial charge in [0.05, 0.1) is 43.4 Å². The predicted octanol–water partition coefficient (Wildman–Crippen LogP) is 1.68. The van der Waals surface area contributed by atoms with Crippen molar-refractivity contribution in [1.29, 1.82) is 0 Å². The zero-order valence-corrected chi connectivity index (χ0v) is 18.1. The molecule has 1 saturated heterocycles. The minimum atomic E-state index is -0.647. The van der Waals surface area contributed by atoms with Gasteiger partial charge in [-0.05, 0) is 35.3 Å². The van der Waals surface area contributed by atoms with Crippen LogP contribution < -0.4 is 9.64 Å². The van der Waals surface area contributed by atoms with Crippen molar-refractivity contribution in [1.82, 2.24) is 19.7 Å². The molecule has 1 aromatic carbocycles. The molecule has 2 aliphatic heterocycles. The van der Waals surface area contributed by atoms with Gasteiger partial charge in [0.1, 0.15) is 30.8 Å². The number of hydrogen-bond donors (Lipinski definition) is 1. The molecular formula is C21H19FN6O7. The molecule has 1 amide bonds. The third-order valence-electron chi connectivity index (χ3n) is 5.52. The van der Waals surface area contributed by atoms with E-state index in [4.69, 9.17) is 19.3 Å². The van der Waals surface area contributed by atoms with Crippen LogP contribution in [-0.4, -0.2) is 67.8 Å². The molecule has 4 heterocycles. The van der Waals surface area contributed by atoms with Crippen molar-refractivity contribution >= 4 is 17.6 Å². The molecule has 0 saturated carbocycles. The van der Waals surface area contributed by atoms with E-state index < -0.39 is 22.9 Å². The molecule has 13 nitrogen and oxygen atoms in total. The SMILES string of the molecule is O=C1O[C@H](CO)CN1c1ccc(-c2ccc(CO[C@@H]3COc4nc([N+](=O)[O-])cn4C3)nn2)c(F)c1. The third-order valence-corrected chi connectivity index (χ3v) is 5.52. The molecule has 0 unspecified atom stereocenters. The van der Waals surface area contributed by atoms with Crippen molar-refractivity contribution in [2.75, 3.05) is 24.7 Å². The van der Waals surface area contributed by atoms with E-state index in [1.807, 2.05) is 0 Å². The van der Waals surface area contributed by atoms with E-state index in [0.717, 1.165) is 0 Å². The molecule has 0 bridgehead atoms. The van der Waals surface area contributed by atoms with E-state index in [0.29, 0.717) is 23.6 Å². The topological polar surface area (TPSA) is 155 Å². The molecule has 5 rings (SSSR count). The Morgan fingerprint density at radius 1 is 1.26 bits per heavy atom. The number of halogens is 1. The number of cyclic esters (lactones) is 1. The van der Waals surface area contributed by atoms with E-state index in [1.165, 1.54) is 27.8 Å². The van der Waals surface area contributed by atoms with Crippen LogP contribution in [0.1, 0.15) is 5.69 Å². The third kappa shape index (κ3) is 4.61. The average Bonchev–Trinajstić information content (AvgIpc) is 3.46. The summed E-state index contributed by atoms with van der Waals surface area (Å²) in [5.74, 6) is -0.886. The van der Waals surface area contributed by atoms with Gasteiger partial charge in [0.2, 0.25) is 0 Å². The van der Waals surface area contributed by atoms with Crippen molar-refractivity contribution in [2.24, 2.45) is 0 Å². The highest BCUT2D eigenvalue weighted by Gasteiger charge is 2.32. The van der Waals surface area contributed by atoms with Gasteiger partial charge in [-0.2, -0.15) is 10.2 Å². The Balaban J connectivity index is 1.21. The molecule has 14 heteroatoms. The molecule has 35 heavy (non-hydrogen) atoms. The van der Waals surface area contributed by atoms with Crippen LogP contribution in [0.5, 0.6) is 6.01 Å². The Kier molecular flexibility index (Phi) is 5.96. The first-order valence-corrected chi connectivity index (χ1v) is 10.6. The molecule has 0 aliphatic carbocycles. The van der Waals surface area contributed by atoms with Gasteiger partial charge in [-0.15, -0.1) is 0 Å². The smallest absolute Gasteiger partial charge is 0.414 e. The van der Waals surface area contributed by atoms with E-state index in [1.54, 1.807) is 18.2 Å². The summed E-state index contributed by atoms with van der Waals surface area (Å²) in [5.41, 5.74) is 1.32. The summed E-state index contributed by atoms with van der Waals surface area (Å²) >= 11 is 0. The maximum Gasteiger partial charge on any atom is 0.414 e. The minimum absolute atomic E-state index is 0.109. The number of nitrogens with zero attached hydrogens (tertiary/aromatic N) is 6. The van der Waals surface area contributed by atoms with E-state index in [2.05, 4.69) is 15.2 Å². The molecule has 3 aromatic rings. The Hall–Kier alpha value is -4.17. The van der Waals surface area contributed by atoms with Gasteiger partial charge in [-0.1, -0.05) is 0 Å². The number of ether oxygens (including phenoxy) is 3. The summed E-state index contributed by atoms with van der Waals surface area (Å²) < 4.78 is 32.5. The number of hydrogen-bond acceptors (Lipinski definition) is 10. The van der Waals surface area contributed by atoms with Gasteiger partial charge >= 0.3 is 17.9 Å². The lowest BCUT2D eigenvalue weighted by Gasteiger charge is -2.22. The molecule has 1 fully saturated rings. The quantitative estimate of drug-likeness (QED) is 0.385. The van der Waals surface area contributed by atoms with Crippen LogP contribution >= 0.6 is 0 Å². The fourth-order valence-corrected chi connectivity index (χ4v) is 3.75. The Morgan fingerprint density at radius 2 is 2.11 bits per heavy atom. The van der Waals surface area contributed by atoms with Crippen molar-refractivity contribution < 1.29 is 33.4 Å². The monoisotopic (exact) mass is 486 g/mol. The number of fused-ring (bicyclic) bond motifs is 1. The summed E-state index contributed by atoms with van der Waals surface area (Å²) in [4.78, 5) is 27.2. The summed E-state index contributed by atoms with van der Waals surface area (Å²) in [5, 5.41) is 28.2. The number of aromatic nitrogens is 4. The van der Waals surface area contributed by atoms with Gasteiger partial charge in [-0.25, -0.2) is 9.18 Å². The van der Waals surface area contributed by atoms with Crippen molar-refractivity contribution in [3.8, 4) is 17.3 Å². The maximum absolute atomic E-state index is 14.8. The summed E-state index contributed by atoms with van der Waals surface area (Å²) in [6.07, 6.45) is -0.375. The highest BCUT2D eigenvalue weighted by molar-refractivity contribution is 5.90. The zero-order chi connectivity index (χ0) is 24.5. The first-order valence-electron chi connectivity index (χ1n) is 10.6. The van der Waals surface area contributed by atoms with Crippen LogP contribution in [-0.2, 0) is 22.6 Å². The second-order valence-electron chi connectivity index (χ2n) is 7.91. The van der Waals surface area contributed by atoms with Crippen molar-refractivity contribution in [2.45, 2.75) is 25.4 Å². The predicted molar refractivity (Wildman–Crippen MR) is 115 cm³/mol. The molecule has 2 aromatic heterocycles. The van der Waals surface area contributed by atoms with E-state index in [9.17, 15) is 19.3 Å². The minimum Gasteiger partial charge on any atom is -0.443 e. The number of aliphatic hydroxyl groups excluding tert-OH is 1. The largest absolute Gasteiger partial charge is 0.443 e. The summed E-state index contributed by atoms with van der Waals surface area (Å²) in [7, 11) is 0. The highest BCUT2D eigenvalue weighted by atomic mass is 19.1. The second kappa shape index (κ2) is 9.23. The number of carbonyl (C=O) groups excluding carboxylic acids is 1. The highest BCUT2D eigenvalue weighted by Crippen LogP contribution is 2.28. The molecule has 1 N–H and O–H groups in total. The standard InChI is InChI=1S/C21H19FN6O7/c22-17-5-13(27-7-14(9-29)35-21(27)30)2-3-16(17)18-4-1-12(24-25-18)10-33-15-6-26-8-19(28(31)32)23-20(26)34-11-15/h1-5,8,14-15,29H,6-7,9-11H2/t14-,15-/m0/s1. The number of nitro groups is 1. The number of carbonyl (C=O) groups is 1. The van der Waals surface area contributed by atoms with Crippen LogP contribution in [0.4, 0.5) is 20.7 Å². The number of rotatable bonds is 7. The lowest BCUT2D eigenvalue weighted by molar-refractivity contribution is -0.389. The number of aliphatic hydroxyl groups is 1. The van der Waals surface area contributed by atoms with Crippen molar-refractivity contribution in [3.63, 3.8) is 0 Å². The van der Waals surface area contributed by atoms with Gasteiger partial charge in [-0.3, -0.25) is 9.47 Å². The van der Waals surface area contributed by atoms with Crippen molar-refractivity contribution in [3.05, 3.63) is 58.2 Å². The molecular weight excluding hydrogens is 467 g/mol. The van der Waals surface area contributed by atoms with Crippen LogP contribution in [0.2, 0.25) is 0 Å². The zero-order valence-electron chi connectivity index (χ0n) is 18.1. The van der Waals surface area contributed by atoms with Gasteiger partial charge in [0.15, 0.2) is 0 Å². The first kappa shape index (κ1) is 22.6. The van der Waals surface area contributed by atoms with Crippen LogP contribution in [0.15, 0.2) is 36.5 Å². The molecule has 0 radical (unpaired) electrons. The summed E-state index contributed by atoms with van der Waals surface area (Å²) in [6.45, 7) is 0.449. The number of benzene rings is 1. The Labute approximate surface area is 196 Å². The lowest BCUT2D eigenvalue weighted by Crippen LogP contribution is -2.32. The molecule has 182 valence electrons. The fourth-order valence-electron chi connectivity index (χ4n) is 3.75. The van der Waals surface area contributed by atoms with E-state index in [-0.39, 0.29) is 49.9 Å². The van der Waals surface area contributed by atoms with E-state index >= 15 is 0 Å². The molecule has 2 aliphatic rings. The van der Waals surface area contributed by atoms with Crippen LogP contribution in [0.25, 0.3) is 11.3 Å². The lowest BCUT2D eigenvalue weighted by atomic mass is 10.1. The van der Waals surface area contributed by atoms with Gasteiger partial charge in [0.25, 0.3) is 0 Å². The number of amides is 1. The fraction of sp³-hybridized carbons (Fsp3) is 0.333. The average molecular weight is 486 g/mol. The molecule has 2 atom stereocenters. The molecule has 0 spiro atoms. The Bertz CT molecular complexity index is 1270. The first-order chi connectivity index (χ1) is 16.9. The summed E-state index contributed by atoms with van der Waals surface area (Å²) in [6, 6.07) is 7.68. The van der Waals surface area contributed by atoms with Gasteiger partial charge in [0, 0.05) is 10.5 Å². The number of imidazole rings is 1. The Morgan fingerprint density at radius 3 is 2.80 bits per heavy atom. The van der Waals surface area contributed by atoms with Crippen LogP contribution in [0.3, 0.4) is 0 Å². The van der Waals surface area contributed by atoms with Gasteiger partial charge < -0.3 is 29.4 Å². The maximum atomic E-state index is 14.8. The normalized spacial score (nSPS) is 19.3. The van der Waals surface area contributed by atoms with Crippen LogP contribution in [0, 0.1) is 15.9 Å².